The molecule has 1 aliphatic carbocycles. The third-order valence-electron chi connectivity index (χ3n) is 11.2. The topological polar surface area (TPSA) is 129 Å². The molecule has 3 aromatic heterocycles. The van der Waals surface area contributed by atoms with Gasteiger partial charge in [-0.25, -0.2) is 14.4 Å². The van der Waals surface area contributed by atoms with Gasteiger partial charge in [0.15, 0.2) is 5.78 Å². The molecule has 12 nitrogen and oxygen atoms in total. The van der Waals surface area contributed by atoms with Gasteiger partial charge >= 0.3 is 0 Å². The molecule has 0 bridgehead atoms. The van der Waals surface area contributed by atoms with Gasteiger partial charge in [-0.1, -0.05) is 18.9 Å². The summed E-state index contributed by atoms with van der Waals surface area (Å²) in [6.07, 6.45) is 9.32. The van der Waals surface area contributed by atoms with E-state index in [9.17, 15) is 14.4 Å². The van der Waals surface area contributed by atoms with Crippen molar-refractivity contribution in [2.45, 2.75) is 77.5 Å². The Morgan fingerprint density at radius 2 is 1.76 bits per heavy atom. The number of aromatic nitrogens is 4. The zero-order chi connectivity index (χ0) is 35.2. The Morgan fingerprint density at radius 3 is 2.47 bits per heavy atom. The Morgan fingerprint density at radius 1 is 0.980 bits per heavy atom. The number of piperazine rings is 1. The first-order chi connectivity index (χ1) is 24.8. The summed E-state index contributed by atoms with van der Waals surface area (Å²) in [5.41, 5.74) is 3.75. The number of nitrogens with one attached hydrogen (secondary N) is 2. The Kier molecular flexibility index (Phi) is 9.01. The Bertz CT molecular complexity index is 2050. The predicted molar refractivity (Wildman–Crippen MR) is 193 cm³/mol. The molecule has 1 amide bonds. The number of rotatable bonds is 8. The summed E-state index contributed by atoms with van der Waals surface area (Å²) < 4.78 is 17.5. The molecule has 3 fully saturated rings. The maximum Gasteiger partial charge on any atom is 0.263 e. The van der Waals surface area contributed by atoms with E-state index in [4.69, 9.17) is 4.98 Å². The first-order valence-electron chi connectivity index (χ1n) is 18.2. The van der Waals surface area contributed by atoms with Gasteiger partial charge in [-0.3, -0.25) is 23.9 Å². The minimum absolute atomic E-state index is 0.00676. The van der Waals surface area contributed by atoms with Crippen LogP contribution >= 0.6 is 0 Å². The van der Waals surface area contributed by atoms with Crippen molar-refractivity contribution < 1.29 is 14.0 Å². The minimum Gasteiger partial charge on any atom is -0.368 e. The number of benzene rings is 1. The predicted octanol–water partition coefficient (Wildman–Crippen LogP) is 4.73. The summed E-state index contributed by atoms with van der Waals surface area (Å²) in [5.74, 6) is 0.369. The first-order valence-corrected chi connectivity index (χ1v) is 18.2. The molecule has 8 rings (SSSR count). The van der Waals surface area contributed by atoms with Gasteiger partial charge in [0.05, 0.1) is 24.0 Å². The molecule has 266 valence electrons. The van der Waals surface area contributed by atoms with Crippen molar-refractivity contribution in [2.75, 3.05) is 49.5 Å². The molecule has 2 N–H and O–H groups in total. The van der Waals surface area contributed by atoms with Crippen molar-refractivity contribution in [3.8, 4) is 0 Å². The average Bonchev–Trinajstić information content (AvgIpc) is 3.79. The van der Waals surface area contributed by atoms with Crippen molar-refractivity contribution in [2.24, 2.45) is 0 Å². The van der Waals surface area contributed by atoms with E-state index in [1.165, 1.54) is 6.92 Å². The number of aryl methyl sites for hydroxylation is 1. The van der Waals surface area contributed by atoms with Crippen LogP contribution in [0.1, 0.15) is 88.9 Å². The molecule has 0 spiro atoms. The van der Waals surface area contributed by atoms with E-state index in [-0.39, 0.29) is 40.7 Å². The van der Waals surface area contributed by atoms with Crippen LogP contribution < -0.4 is 21.1 Å². The van der Waals surface area contributed by atoms with Gasteiger partial charge in [0.1, 0.15) is 17.3 Å². The number of piperidine rings is 1. The fourth-order valence-corrected chi connectivity index (χ4v) is 8.41. The van der Waals surface area contributed by atoms with Crippen molar-refractivity contribution in [1.82, 2.24) is 34.6 Å². The molecule has 6 heterocycles. The van der Waals surface area contributed by atoms with Crippen LogP contribution in [-0.2, 0) is 13.1 Å². The zero-order valence-corrected chi connectivity index (χ0v) is 29.3. The smallest absolute Gasteiger partial charge is 0.263 e. The fraction of sp³-hybridized carbons (Fsp3) is 0.474. The summed E-state index contributed by atoms with van der Waals surface area (Å²) in [4.78, 5) is 59.3. The maximum atomic E-state index is 15.7. The van der Waals surface area contributed by atoms with Crippen LogP contribution in [0.15, 0.2) is 41.5 Å². The first kappa shape index (κ1) is 33.4. The van der Waals surface area contributed by atoms with E-state index in [0.717, 1.165) is 83.5 Å². The number of hydrogen-bond donors (Lipinski definition) is 2. The van der Waals surface area contributed by atoms with Gasteiger partial charge < -0.3 is 20.4 Å². The summed E-state index contributed by atoms with van der Waals surface area (Å²) in [5, 5.41) is 7.26. The standard InChI is InChI=1S/C38H44FN9O3/c1-23-30-20-42-38(44-35(30)48(26-6-3-4-7-26)37(51)33(23)24(2)49)43-32-12-10-27(19-41-32)46-16-14-45(15-17-46)21-25-9-11-29-31(34(25)39)22-47(36(29)50)28-8-5-13-40-18-28/h9-12,19-20,26,28,40H,3-8,13-18,21-22H2,1-2H3,(H,41,42,43,44). The van der Waals surface area contributed by atoms with Gasteiger partial charge in [-0.15, -0.1) is 0 Å². The molecule has 1 aromatic carbocycles. The number of Topliss-reactive ketones (excluding diaryl/α,β-unsaturated/α-hetero) is 1. The van der Waals surface area contributed by atoms with E-state index in [1.807, 2.05) is 29.3 Å². The molecule has 1 saturated carbocycles. The summed E-state index contributed by atoms with van der Waals surface area (Å²) in [6.45, 7) is 8.90. The molecular weight excluding hydrogens is 649 g/mol. The fourth-order valence-electron chi connectivity index (χ4n) is 8.41. The lowest BCUT2D eigenvalue weighted by Gasteiger charge is -2.36. The molecule has 2 saturated heterocycles. The van der Waals surface area contributed by atoms with Gasteiger partial charge in [0.2, 0.25) is 5.95 Å². The number of carbonyl (C=O) groups is 2. The van der Waals surface area contributed by atoms with Crippen LogP contribution in [0.3, 0.4) is 0 Å². The lowest BCUT2D eigenvalue weighted by atomic mass is 10.0. The highest BCUT2D eigenvalue weighted by Gasteiger charge is 2.36. The molecular formula is C38H44FN9O3. The molecule has 0 radical (unpaired) electrons. The zero-order valence-electron chi connectivity index (χ0n) is 29.3. The second-order valence-corrected chi connectivity index (χ2v) is 14.4. The number of halogens is 1. The average molecular weight is 694 g/mol. The van der Waals surface area contributed by atoms with Crippen LogP contribution in [0.4, 0.5) is 21.8 Å². The molecule has 3 aliphatic heterocycles. The SMILES string of the molecule is CC(=O)c1c(C)c2cnc(Nc3ccc(N4CCN(Cc5ccc6c(c5F)CN(C5CCCNC5)C6=O)CC4)cn3)nc2n(C2CCCC2)c1=O. The number of fused-ring (bicyclic) bond motifs is 2. The minimum atomic E-state index is -0.278. The highest BCUT2D eigenvalue weighted by atomic mass is 19.1. The van der Waals surface area contributed by atoms with E-state index in [0.29, 0.717) is 58.1 Å². The van der Waals surface area contributed by atoms with Crippen molar-refractivity contribution >= 4 is 40.2 Å². The van der Waals surface area contributed by atoms with Crippen LogP contribution in [0.5, 0.6) is 0 Å². The number of amides is 1. The van der Waals surface area contributed by atoms with Crippen molar-refractivity contribution in [1.29, 1.82) is 0 Å². The van der Waals surface area contributed by atoms with Gasteiger partial charge in [0.25, 0.3) is 11.5 Å². The maximum absolute atomic E-state index is 15.7. The van der Waals surface area contributed by atoms with Gasteiger partial charge in [-0.2, -0.15) is 4.98 Å². The van der Waals surface area contributed by atoms with Crippen LogP contribution in [0.2, 0.25) is 0 Å². The second-order valence-electron chi connectivity index (χ2n) is 14.4. The summed E-state index contributed by atoms with van der Waals surface area (Å²) >= 11 is 0. The third kappa shape index (κ3) is 6.26. The van der Waals surface area contributed by atoms with Gasteiger partial charge in [-0.05, 0) is 69.8 Å². The third-order valence-corrected chi connectivity index (χ3v) is 11.2. The van der Waals surface area contributed by atoms with Crippen LogP contribution in [-0.4, -0.2) is 86.3 Å². The number of nitrogens with zero attached hydrogens (tertiary/aromatic N) is 7. The number of pyridine rings is 2. The van der Waals surface area contributed by atoms with Crippen molar-refractivity contribution in [3.05, 3.63) is 80.6 Å². The number of carbonyl (C=O) groups excluding carboxylic acids is 2. The van der Waals surface area contributed by atoms with E-state index in [2.05, 4.69) is 30.4 Å². The molecule has 4 aliphatic rings. The summed E-state index contributed by atoms with van der Waals surface area (Å²) in [7, 11) is 0. The highest BCUT2D eigenvalue weighted by molar-refractivity contribution is 6.00. The Labute approximate surface area is 296 Å². The number of hydrogen-bond acceptors (Lipinski definition) is 10. The normalized spacial score (nSPS) is 20.0. The van der Waals surface area contributed by atoms with E-state index in [1.54, 1.807) is 23.8 Å². The Balaban J connectivity index is 0.915. The quantitative estimate of drug-likeness (QED) is 0.250. The lowest BCUT2D eigenvalue weighted by Crippen LogP contribution is -2.46. The van der Waals surface area contributed by atoms with E-state index >= 15 is 4.39 Å². The molecule has 1 atom stereocenters. The van der Waals surface area contributed by atoms with Crippen molar-refractivity contribution in [3.63, 3.8) is 0 Å². The second kappa shape index (κ2) is 13.8. The summed E-state index contributed by atoms with van der Waals surface area (Å²) in [6, 6.07) is 7.62. The van der Waals surface area contributed by atoms with Crippen LogP contribution in [0, 0.1) is 12.7 Å². The van der Waals surface area contributed by atoms with Gasteiger partial charge in [0, 0.05) is 79.6 Å². The molecule has 1 unspecified atom stereocenters. The highest BCUT2D eigenvalue weighted by Crippen LogP contribution is 2.33. The Hall–Kier alpha value is -4.75. The van der Waals surface area contributed by atoms with E-state index < -0.39 is 0 Å². The number of ketones is 1. The molecule has 51 heavy (non-hydrogen) atoms. The number of anilines is 3. The monoisotopic (exact) mass is 693 g/mol. The lowest BCUT2D eigenvalue weighted by molar-refractivity contribution is 0.0674. The van der Waals surface area contributed by atoms with Crippen LogP contribution in [0.25, 0.3) is 11.0 Å². The molecule has 4 aromatic rings. The molecule has 13 heteroatoms. The largest absolute Gasteiger partial charge is 0.368 e.